The molecule has 0 aliphatic carbocycles. The summed E-state index contributed by atoms with van der Waals surface area (Å²) in [6.45, 7) is 3.03. The molecule has 2 rings (SSSR count). The average molecular weight is 322 g/mol. The molecule has 0 aromatic heterocycles. The van der Waals surface area contributed by atoms with Gasteiger partial charge in [0.05, 0.1) is 10.6 Å². The Labute approximate surface area is 128 Å². The second kappa shape index (κ2) is 6.15. The van der Waals surface area contributed by atoms with Gasteiger partial charge in [0.1, 0.15) is 5.82 Å². The monoisotopic (exact) mass is 322 g/mol. The smallest absolute Gasteiger partial charge is 0.261 e. The lowest BCUT2D eigenvalue weighted by molar-refractivity contribution is -0.114. The number of sulfonamides is 1. The maximum absolute atomic E-state index is 13.3. The summed E-state index contributed by atoms with van der Waals surface area (Å²) in [4.78, 5) is 10.9. The van der Waals surface area contributed by atoms with Crippen LogP contribution in [0.3, 0.4) is 0 Å². The van der Waals surface area contributed by atoms with Gasteiger partial charge in [0, 0.05) is 12.6 Å². The van der Waals surface area contributed by atoms with Gasteiger partial charge in [-0.1, -0.05) is 0 Å². The largest absolute Gasteiger partial charge is 0.326 e. The van der Waals surface area contributed by atoms with Gasteiger partial charge in [-0.2, -0.15) is 0 Å². The highest BCUT2D eigenvalue weighted by molar-refractivity contribution is 7.92. The van der Waals surface area contributed by atoms with Crippen LogP contribution in [0.1, 0.15) is 12.5 Å². The van der Waals surface area contributed by atoms with Gasteiger partial charge in [-0.3, -0.25) is 9.52 Å². The van der Waals surface area contributed by atoms with Gasteiger partial charge in [0.15, 0.2) is 0 Å². The molecule has 2 aromatic carbocycles. The van der Waals surface area contributed by atoms with Crippen molar-refractivity contribution in [3.63, 3.8) is 0 Å². The Hall–Kier alpha value is -2.41. The molecule has 116 valence electrons. The first-order valence-corrected chi connectivity index (χ1v) is 7.92. The van der Waals surface area contributed by atoms with Crippen LogP contribution in [0.25, 0.3) is 0 Å². The van der Waals surface area contributed by atoms with E-state index in [1.165, 1.54) is 43.3 Å². The van der Waals surface area contributed by atoms with Crippen molar-refractivity contribution in [3.8, 4) is 0 Å². The Morgan fingerprint density at radius 1 is 1.05 bits per heavy atom. The second-order valence-electron chi connectivity index (χ2n) is 4.83. The standard InChI is InChI=1S/C15H15FN2O3S/c1-10-7-12(16)9-14(8-10)18-22(20,21)15-5-3-13(4-6-15)17-11(2)19/h3-9,18H,1-2H3,(H,17,19). The Bertz CT molecular complexity index is 782. The van der Waals surface area contributed by atoms with Crippen LogP contribution < -0.4 is 10.0 Å². The Morgan fingerprint density at radius 2 is 1.68 bits per heavy atom. The normalized spacial score (nSPS) is 11.0. The zero-order valence-corrected chi connectivity index (χ0v) is 12.9. The molecule has 5 nitrogen and oxygen atoms in total. The molecule has 0 heterocycles. The molecule has 0 atom stereocenters. The van der Waals surface area contributed by atoms with Crippen LogP contribution in [0.15, 0.2) is 47.4 Å². The molecule has 1 amide bonds. The lowest BCUT2D eigenvalue weighted by Crippen LogP contribution is -2.13. The first kappa shape index (κ1) is 16.0. The van der Waals surface area contributed by atoms with E-state index >= 15 is 0 Å². The third-order valence-electron chi connectivity index (χ3n) is 2.78. The van der Waals surface area contributed by atoms with Gasteiger partial charge >= 0.3 is 0 Å². The van der Waals surface area contributed by atoms with E-state index in [2.05, 4.69) is 10.0 Å². The number of hydrogen-bond acceptors (Lipinski definition) is 3. The van der Waals surface area contributed by atoms with Crippen LogP contribution >= 0.6 is 0 Å². The number of halogens is 1. The number of carbonyl (C=O) groups excluding carboxylic acids is 1. The van der Waals surface area contributed by atoms with Crippen molar-refractivity contribution >= 4 is 27.3 Å². The quantitative estimate of drug-likeness (QED) is 0.909. The average Bonchev–Trinajstić information content (AvgIpc) is 2.36. The van der Waals surface area contributed by atoms with Gasteiger partial charge in [0.2, 0.25) is 5.91 Å². The molecule has 0 spiro atoms. The predicted molar refractivity (Wildman–Crippen MR) is 82.7 cm³/mol. The van der Waals surface area contributed by atoms with Crippen LogP contribution in [0.2, 0.25) is 0 Å². The summed E-state index contributed by atoms with van der Waals surface area (Å²) in [5, 5.41) is 2.54. The second-order valence-corrected chi connectivity index (χ2v) is 6.51. The molecule has 0 radical (unpaired) electrons. The molecule has 7 heteroatoms. The van der Waals surface area contributed by atoms with Crippen LogP contribution in [0, 0.1) is 12.7 Å². The fourth-order valence-electron chi connectivity index (χ4n) is 1.93. The summed E-state index contributed by atoms with van der Waals surface area (Å²) in [6.07, 6.45) is 0. The minimum absolute atomic E-state index is 0.0171. The van der Waals surface area contributed by atoms with Gasteiger partial charge in [0.25, 0.3) is 10.0 Å². The molecule has 2 N–H and O–H groups in total. The highest BCUT2D eigenvalue weighted by atomic mass is 32.2. The molecule has 22 heavy (non-hydrogen) atoms. The van der Waals surface area contributed by atoms with Crippen molar-refractivity contribution in [2.45, 2.75) is 18.7 Å². The zero-order chi connectivity index (χ0) is 16.3. The van der Waals surface area contributed by atoms with Gasteiger partial charge in [-0.05, 0) is 55.0 Å². The van der Waals surface area contributed by atoms with E-state index in [4.69, 9.17) is 0 Å². The fourth-order valence-corrected chi connectivity index (χ4v) is 2.97. The number of rotatable bonds is 4. The lowest BCUT2D eigenvalue weighted by atomic mass is 10.2. The fraction of sp³-hybridized carbons (Fsp3) is 0.133. The van der Waals surface area contributed by atoms with Gasteiger partial charge in [-0.15, -0.1) is 0 Å². The van der Waals surface area contributed by atoms with E-state index in [-0.39, 0.29) is 16.5 Å². The summed E-state index contributed by atoms with van der Waals surface area (Å²) in [5.74, 6) is -0.761. The summed E-state index contributed by atoms with van der Waals surface area (Å²) in [6, 6.07) is 9.63. The number of aryl methyl sites for hydroxylation is 1. The maximum atomic E-state index is 13.3. The number of anilines is 2. The number of nitrogens with one attached hydrogen (secondary N) is 2. The number of hydrogen-bond donors (Lipinski definition) is 2. The first-order chi connectivity index (χ1) is 10.3. The summed E-state index contributed by atoms with van der Waals surface area (Å²) < 4.78 is 40.1. The van der Waals surface area contributed by atoms with Gasteiger partial charge < -0.3 is 5.32 Å². The highest BCUT2D eigenvalue weighted by Gasteiger charge is 2.14. The van der Waals surface area contributed by atoms with E-state index in [1.54, 1.807) is 6.92 Å². The van der Waals surface area contributed by atoms with E-state index in [1.807, 2.05) is 0 Å². The van der Waals surface area contributed by atoms with Crippen molar-refractivity contribution in [3.05, 3.63) is 53.8 Å². The van der Waals surface area contributed by atoms with Gasteiger partial charge in [-0.25, -0.2) is 12.8 Å². The number of amides is 1. The van der Waals surface area contributed by atoms with Crippen molar-refractivity contribution in [2.75, 3.05) is 10.0 Å². The van der Waals surface area contributed by atoms with E-state index in [9.17, 15) is 17.6 Å². The highest BCUT2D eigenvalue weighted by Crippen LogP contribution is 2.20. The van der Waals surface area contributed by atoms with Crippen LogP contribution in [-0.2, 0) is 14.8 Å². The summed E-state index contributed by atoms with van der Waals surface area (Å²) >= 11 is 0. The van der Waals surface area contributed by atoms with Crippen molar-refractivity contribution in [2.24, 2.45) is 0 Å². The molecule has 0 bridgehead atoms. The Balaban J connectivity index is 2.24. The summed E-state index contributed by atoms with van der Waals surface area (Å²) in [5.41, 5.74) is 1.26. The third kappa shape index (κ3) is 4.05. The minimum atomic E-state index is -3.82. The number of carbonyl (C=O) groups is 1. The Kier molecular flexibility index (Phi) is 4.46. The molecule has 0 aliphatic heterocycles. The van der Waals surface area contributed by atoms with Crippen molar-refractivity contribution in [1.29, 1.82) is 0 Å². The van der Waals surface area contributed by atoms with Crippen LogP contribution in [0.5, 0.6) is 0 Å². The zero-order valence-electron chi connectivity index (χ0n) is 12.1. The van der Waals surface area contributed by atoms with E-state index < -0.39 is 15.8 Å². The van der Waals surface area contributed by atoms with E-state index in [0.717, 1.165) is 6.07 Å². The topological polar surface area (TPSA) is 75.3 Å². The summed E-state index contributed by atoms with van der Waals surface area (Å²) in [7, 11) is -3.82. The first-order valence-electron chi connectivity index (χ1n) is 6.44. The SMILES string of the molecule is CC(=O)Nc1ccc(S(=O)(=O)Nc2cc(C)cc(F)c2)cc1. The van der Waals surface area contributed by atoms with Crippen LogP contribution in [-0.4, -0.2) is 14.3 Å². The molecule has 0 unspecified atom stereocenters. The Morgan fingerprint density at radius 3 is 2.23 bits per heavy atom. The molecular formula is C15H15FN2O3S. The lowest BCUT2D eigenvalue weighted by Gasteiger charge is -2.10. The minimum Gasteiger partial charge on any atom is -0.326 e. The molecule has 0 saturated carbocycles. The molecule has 0 aliphatic rings. The van der Waals surface area contributed by atoms with Crippen molar-refractivity contribution < 1.29 is 17.6 Å². The molecule has 0 fully saturated rings. The number of benzene rings is 2. The molecular weight excluding hydrogens is 307 g/mol. The predicted octanol–water partition coefficient (Wildman–Crippen LogP) is 2.89. The third-order valence-corrected chi connectivity index (χ3v) is 4.18. The van der Waals surface area contributed by atoms with Crippen molar-refractivity contribution in [1.82, 2.24) is 0 Å². The van der Waals surface area contributed by atoms with E-state index in [0.29, 0.717) is 11.3 Å². The maximum Gasteiger partial charge on any atom is 0.261 e. The molecule has 2 aromatic rings. The molecule has 0 saturated heterocycles. The van der Waals surface area contributed by atoms with Crippen LogP contribution in [0.4, 0.5) is 15.8 Å².